The summed E-state index contributed by atoms with van der Waals surface area (Å²) in [7, 11) is 0. The van der Waals surface area contributed by atoms with Crippen LogP contribution in [0, 0.1) is 17.7 Å². The number of piperidine rings is 1. The minimum Gasteiger partial charge on any atom is -0.371 e. The van der Waals surface area contributed by atoms with Crippen LogP contribution >= 0.6 is 0 Å². The Hall–Kier alpha value is -3.37. The van der Waals surface area contributed by atoms with Crippen molar-refractivity contribution in [2.75, 3.05) is 34.8 Å². The second-order valence-corrected chi connectivity index (χ2v) is 9.51. The van der Waals surface area contributed by atoms with Gasteiger partial charge in [0, 0.05) is 49.8 Å². The Morgan fingerprint density at radius 3 is 2.51 bits per heavy atom. The van der Waals surface area contributed by atoms with Gasteiger partial charge in [-0.2, -0.15) is 18.2 Å². The molecule has 2 aliphatic heterocycles. The molecule has 7 nitrogen and oxygen atoms in total. The smallest absolute Gasteiger partial charge is 0.371 e. The number of hydrogen-bond donors (Lipinski definition) is 1. The third-order valence-corrected chi connectivity index (χ3v) is 7.29. The molecule has 3 aromatic rings. The SMILES string of the molecule is Fc1cccc(N2CCCn3nc(NC4C5CC[C@H]4CN(c4ccnc(C(F)(F)F)c4)C5)nc32)c1. The molecule has 2 fully saturated rings. The lowest BCUT2D eigenvalue weighted by Gasteiger charge is -2.39. The van der Waals surface area contributed by atoms with Crippen molar-refractivity contribution in [1.82, 2.24) is 19.7 Å². The summed E-state index contributed by atoms with van der Waals surface area (Å²) >= 11 is 0. The quantitative estimate of drug-likeness (QED) is 0.539. The number of benzene rings is 1. The van der Waals surface area contributed by atoms with Crippen LogP contribution in [0.4, 0.5) is 40.8 Å². The van der Waals surface area contributed by atoms with Gasteiger partial charge in [-0.25, -0.2) is 9.07 Å². The zero-order chi connectivity index (χ0) is 24.2. The lowest BCUT2D eigenvalue weighted by molar-refractivity contribution is -0.141. The summed E-state index contributed by atoms with van der Waals surface area (Å²) in [6.45, 7) is 2.80. The van der Waals surface area contributed by atoms with E-state index in [-0.39, 0.29) is 23.7 Å². The summed E-state index contributed by atoms with van der Waals surface area (Å²) in [5.74, 6) is 1.48. The summed E-state index contributed by atoms with van der Waals surface area (Å²) in [6.07, 6.45) is -0.353. The predicted octanol–water partition coefficient (Wildman–Crippen LogP) is 4.70. The van der Waals surface area contributed by atoms with E-state index in [1.807, 2.05) is 20.5 Å². The van der Waals surface area contributed by atoms with Crippen molar-refractivity contribution in [1.29, 1.82) is 0 Å². The highest BCUT2D eigenvalue weighted by atomic mass is 19.4. The molecule has 6 rings (SSSR count). The van der Waals surface area contributed by atoms with Gasteiger partial charge in [-0.15, -0.1) is 5.10 Å². The average Bonchev–Trinajstić information content (AvgIpc) is 3.34. The zero-order valence-corrected chi connectivity index (χ0v) is 18.9. The van der Waals surface area contributed by atoms with E-state index in [9.17, 15) is 17.6 Å². The standard InChI is InChI=1S/C24H25F4N7/c25-17-3-1-4-19(11-17)34-9-2-10-35-23(34)31-22(32-35)30-21-15-5-6-16(21)14-33(13-15)18-7-8-29-20(12-18)24(26,27)28/h1,3-4,7-8,11-12,15-16,21H,2,5-6,9-10,13-14H2,(H,30,32)/t15-,16?,21?/m0/s1. The Morgan fingerprint density at radius 1 is 0.971 bits per heavy atom. The number of alkyl halides is 3. The fraction of sp³-hybridized carbons (Fsp3) is 0.458. The maximum absolute atomic E-state index is 13.8. The monoisotopic (exact) mass is 487 g/mol. The number of halogens is 4. The predicted molar refractivity (Wildman–Crippen MR) is 123 cm³/mol. The van der Waals surface area contributed by atoms with Crippen LogP contribution in [0.15, 0.2) is 42.6 Å². The van der Waals surface area contributed by atoms with E-state index >= 15 is 0 Å². The van der Waals surface area contributed by atoms with Crippen LogP contribution in [-0.4, -0.2) is 45.4 Å². The van der Waals surface area contributed by atoms with Crippen molar-refractivity contribution < 1.29 is 17.6 Å². The van der Waals surface area contributed by atoms with E-state index in [1.54, 1.807) is 12.1 Å². The number of nitrogens with one attached hydrogen (secondary N) is 1. The summed E-state index contributed by atoms with van der Waals surface area (Å²) in [5.41, 5.74) is 0.441. The molecule has 11 heteroatoms. The highest BCUT2D eigenvalue weighted by Crippen LogP contribution is 2.41. The first-order chi connectivity index (χ1) is 16.8. The van der Waals surface area contributed by atoms with Crippen LogP contribution in [0.5, 0.6) is 0 Å². The first-order valence-corrected chi connectivity index (χ1v) is 11.9. The van der Waals surface area contributed by atoms with Crippen molar-refractivity contribution >= 4 is 23.3 Å². The minimum absolute atomic E-state index is 0.155. The lowest BCUT2D eigenvalue weighted by Crippen LogP contribution is -2.48. The summed E-state index contributed by atoms with van der Waals surface area (Å²) in [6, 6.07) is 9.40. The van der Waals surface area contributed by atoms with Crippen molar-refractivity contribution in [3.05, 3.63) is 54.1 Å². The Balaban J connectivity index is 1.19. The van der Waals surface area contributed by atoms with Crippen LogP contribution in [0.25, 0.3) is 0 Å². The number of hydrogen-bond acceptors (Lipinski definition) is 6. The molecule has 3 aliphatic rings. The number of anilines is 4. The van der Waals surface area contributed by atoms with Gasteiger partial charge in [0.15, 0.2) is 0 Å². The van der Waals surface area contributed by atoms with E-state index in [4.69, 9.17) is 4.98 Å². The Morgan fingerprint density at radius 2 is 1.77 bits per heavy atom. The number of pyridine rings is 1. The molecular formula is C24H25F4N7. The van der Waals surface area contributed by atoms with Gasteiger partial charge in [0.25, 0.3) is 0 Å². The van der Waals surface area contributed by atoms with E-state index in [2.05, 4.69) is 15.4 Å². The van der Waals surface area contributed by atoms with E-state index in [1.165, 1.54) is 18.3 Å². The molecule has 35 heavy (non-hydrogen) atoms. The van der Waals surface area contributed by atoms with Gasteiger partial charge in [0.05, 0.1) is 0 Å². The molecule has 2 aromatic heterocycles. The zero-order valence-electron chi connectivity index (χ0n) is 18.9. The Kier molecular flexibility index (Phi) is 5.30. The van der Waals surface area contributed by atoms with Gasteiger partial charge in [-0.3, -0.25) is 4.98 Å². The van der Waals surface area contributed by atoms with Gasteiger partial charge in [0.1, 0.15) is 11.5 Å². The first kappa shape index (κ1) is 22.1. The van der Waals surface area contributed by atoms with Gasteiger partial charge in [-0.05, 0) is 61.4 Å². The normalized spacial score (nSPS) is 23.9. The third-order valence-electron chi connectivity index (χ3n) is 7.29. The van der Waals surface area contributed by atoms with E-state index in [0.717, 1.165) is 44.1 Å². The molecule has 1 saturated carbocycles. The summed E-state index contributed by atoms with van der Waals surface area (Å²) in [4.78, 5) is 12.2. The van der Waals surface area contributed by atoms with Gasteiger partial charge in [0.2, 0.25) is 11.9 Å². The fourth-order valence-electron chi connectivity index (χ4n) is 5.70. The molecular weight excluding hydrogens is 462 g/mol. The average molecular weight is 488 g/mol. The molecule has 4 heterocycles. The maximum atomic E-state index is 13.8. The maximum Gasteiger partial charge on any atom is 0.433 e. The molecule has 1 aliphatic carbocycles. The number of aromatic nitrogens is 4. The van der Waals surface area contributed by atoms with Crippen LogP contribution in [0.1, 0.15) is 25.0 Å². The molecule has 184 valence electrons. The molecule has 1 N–H and O–H groups in total. The molecule has 0 radical (unpaired) electrons. The van der Waals surface area contributed by atoms with Gasteiger partial charge < -0.3 is 15.1 Å². The molecule has 1 aromatic carbocycles. The Bertz CT molecular complexity index is 1210. The van der Waals surface area contributed by atoms with Crippen molar-refractivity contribution in [2.45, 2.75) is 38.0 Å². The van der Waals surface area contributed by atoms with Crippen molar-refractivity contribution in [3.63, 3.8) is 0 Å². The summed E-state index contributed by atoms with van der Waals surface area (Å²) in [5, 5.41) is 8.20. The van der Waals surface area contributed by atoms with Gasteiger partial charge in [-0.1, -0.05) is 6.07 Å². The molecule has 3 atom stereocenters. The van der Waals surface area contributed by atoms with Crippen LogP contribution in [-0.2, 0) is 12.7 Å². The van der Waals surface area contributed by atoms with Crippen LogP contribution < -0.4 is 15.1 Å². The minimum atomic E-state index is -4.46. The largest absolute Gasteiger partial charge is 0.433 e. The van der Waals surface area contributed by atoms with Gasteiger partial charge >= 0.3 is 6.18 Å². The number of fused-ring (bicyclic) bond motifs is 3. The highest BCUT2D eigenvalue weighted by molar-refractivity contribution is 5.59. The first-order valence-electron chi connectivity index (χ1n) is 11.9. The van der Waals surface area contributed by atoms with E-state index in [0.29, 0.717) is 30.7 Å². The van der Waals surface area contributed by atoms with Crippen LogP contribution in [0.3, 0.4) is 0 Å². The van der Waals surface area contributed by atoms with E-state index < -0.39 is 11.9 Å². The third kappa shape index (κ3) is 4.17. The number of rotatable bonds is 4. The second-order valence-electron chi connectivity index (χ2n) is 9.51. The molecule has 1 saturated heterocycles. The fourth-order valence-corrected chi connectivity index (χ4v) is 5.70. The number of aryl methyl sites for hydroxylation is 1. The van der Waals surface area contributed by atoms with Crippen LogP contribution in [0.2, 0.25) is 0 Å². The Labute approximate surface area is 199 Å². The molecule has 2 unspecified atom stereocenters. The highest BCUT2D eigenvalue weighted by Gasteiger charge is 2.43. The van der Waals surface area contributed by atoms with Crippen molar-refractivity contribution in [3.8, 4) is 0 Å². The lowest BCUT2D eigenvalue weighted by atomic mass is 9.92. The molecule has 0 spiro atoms. The summed E-state index contributed by atoms with van der Waals surface area (Å²) < 4.78 is 55.0. The van der Waals surface area contributed by atoms with Crippen molar-refractivity contribution in [2.24, 2.45) is 11.8 Å². The number of nitrogens with zero attached hydrogens (tertiary/aromatic N) is 6. The molecule has 2 bridgehead atoms. The topological polar surface area (TPSA) is 62.1 Å². The second kappa shape index (κ2) is 8.39. The molecule has 0 amide bonds.